The van der Waals surface area contributed by atoms with Gasteiger partial charge in [0.05, 0.1) is 0 Å². The molecule has 0 radical (unpaired) electrons. The molecule has 7 heteroatoms. The molecular formula is C15H20N2O5. The first-order valence-electron chi connectivity index (χ1n) is 6.97. The molecule has 7 nitrogen and oxygen atoms in total. The second kappa shape index (κ2) is 9.38. The Hall–Kier alpha value is -2.57. The van der Waals surface area contributed by atoms with Crippen LogP contribution in [0.5, 0.6) is 0 Å². The van der Waals surface area contributed by atoms with E-state index in [1.54, 1.807) is 0 Å². The van der Waals surface area contributed by atoms with Crippen molar-refractivity contribution in [3.8, 4) is 0 Å². The molecule has 0 spiro atoms. The summed E-state index contributed by atoms with van der Waals surface area (Å²) in [4.78, 5) is 32.6. The highest BCUT2D eigenvalue weighted by Gasteiger charge is 2.11. The van der Waals surface area contributed by atoms with Crippen LogP contribution in [-0.4, -0.2) is 35.7 Å². The number of ether oxygens (including phenoxy) is 1. The topological polar surface area (TPSA) is 105 Å². The number of alkyl carbamates (subject to hydrolysis) is 1. The Kier molecular flexibility index (Phi) is 7.45. The number of amides is 2. The lowest BCUT2D eigenvalue weighted by Crippen LogP contribution is -2.35. The van der Waals surface area contributed by atoms with E-state index in [0.717, 1.165) is 5.56 Å². The van der Waals surface area contributed by atoms with Crippen molar-refractivity contribution in [1.29, 1.82) is 0 Å². The van der Waals surface area contributed by atoms with Gasteiger partial charge in [-0.3, -0.25) is 4.79 Å². The zero-order valence-corrected chi connectivity index (χ0v) is 12.4. The van der Waals surface area contributed by atoms with Gasteiger partial charge in [0.2, 0.25) is 0 Å². The Morgan fingerprint density at radius 1 is 1.23 bits per heavy atom. The maximum Gasteiger partial charge on any atom is 0.407 e. The lowest BCUT2D eigenvalue weighted by molar-refractivity contribution is -0.150. The predicted molar refractivity (Wildman–Crippen MR) is 79.1 cm³/mol. The van der Waals surface area contributed by atoms with Gasteiger partial charge in [-0.1, -0.05) is 30.3 Å². The Labute approximate surface area is 128 Å². The quantitative estimate of drug-likeness (QED) is 0.520. The van der Waals surface area contributed by atoms with E-state index in [9.17, 15) is 14.4 Å². The van der Waals surface area contributed by atoms with Crippen LogP contribution in [0.1, 0.15) is 25.3 Å². The largest absolute Gasteiger partial charge is 0.474 e. The number of carboxylic acid groups (broad SMARTS) is 1. The molecule has 0 heterocycles. The van der Waals surface area contributed by atoms with Crippen molar-refractivity contribution < 1.29 is 24.2 Å². The number of carbonyl (C=O) groups excluding carboxylic acids is 2. The van der Waals surface area contributed by atoms with Crippen LogP contribution in [0.2, 0.25) is 0 Å². The number of carbonyl (C=O) groups is 3. The summed E-state index contributed by atoms with van der Waals surface area (Å²) < 4.78 is 5.08. The van der Waals surface area contributed by atoms with Crippen LogP contribution in [0.3, 0.4) is 0 Å². The number of aliphatic carboxylic acids is 1. The van der Waals surface area contributed by atoms with Crippen molar-refractivity contribution >= 4 is 18.0 Å². The average molecular weight is 308 g/mol. The molecule has 3 N–H and O–H groups in total. The molecule has 1 rings (SSSR count). The zero-order valence-electron chi connectivity index (χ0n) is 12.4. The summed E-state index contributed by atoms with van der Waals surface area (Å²) in [6.45, 7) is 2.26. The van der Waals surface area contributed by atoms with Gasteiger partial charge in [0.25, 0.3) is 0 Å². The first-order valence-corrected chi connectivity index (χ1v) is 6.97. The van der Waals surface area contributed by atoms with Crippen LogP contribution >= 0.6 is 0 Å². The van der Waals surface area contributed by atoms with Gasteiger partial charge < -0.3 is 20.5 Å². The van der Waals surface area contributed by atoms with Gasteiger partial charge >= 0.3 is 18.0 Å². The van der Waals surface area contributed by atoms with Crippen molar-refractivity contribution in [2.24, 2.45) is 0 Å². The molecule has 0 saturated carbocycles. The second-order valence-electron chi connectivity index (χ2n) is 4.81. The van der Waals surface area contributed by atoms with E-state index in [2.05, 4.69) is 10.6 Å². The molecule has 0 saturated heterocycles. The minimum absolute atomic E-state index is 0.134. The highest BCUT2D eigenvalue weighted by molar-refractivity contribution is 6.31. The van der Waals surface area contributed by atoms with E-state index in [1.165, 1.54) is 0 Å². The van der Waals surface area contributed by atoms with Gasteiger partial charge in [-0.05, 0) is 25.3 Å². The molecule has 0 aromatic heterocycles. The molecule has 0 aliphatic carbocycles. The number of carboxylic acids is 1. The molecule has 120 valence electrons. The molecule has 22 heavy (non-hydrogen) atoms. The van der Waals surface area contributed by atoms with Gasteiger partial charge in [-0.25, -0.2) is 9.59 Å². The fraction of sp³-hybridized carbons (Fsp3) is 0.400. The fourth-order valence-corrected chi connectivity index (χ4v) is 1.72. The first-order chi connectivity index (χ1) is 10.5. The van der Waals surface area contributed by atoms with E-state index in [4.69, 9.17) is 9.84 Å². The van der Waals surface area contributed by atoms with Crippen molar-refractivity contribution in [3.05, 3.63) is 35.9 Å². The highest BCUT2D eigenvalue weighted by atomic mass is 16.5. The summed E-state index contributed by atoms with van der Waals surface area (Å²) in [7, 11) is 0. The Morgan fingerprint density at radius 2 is 1.91 bits per heavy atom. The van der Waals surface area contributed by atoms with Crippen molar-refractivity contribution in [3.63, 3.8) is 0 Å². The number of hydrogen-bond acceptors (Lipinski definition) is 4. The summed E-state index contributed by atoms with van der Waals surface area (Å²) in [5, 5.41) is 13.3. The lowest BCUT2D eigenvalue weighted by atomic mass is 10.2. The predicted octanol–water partition coefficient (Wildman–Crippen LogP) is 1.28. The number of hydrogen-bond donors (Lipinski definition) is 3. The van der Waals surface area contributed by atoms with Crippen LogP contribution in [0.15, 0.2) is 30.3 Å². The monoisotopic (exact) mass is 308 g/mol. The molecule has 1 unspecified atom stereocenters. The van der Waals surface area contributed by atoms with Crippen LogP contribution in [0.25, 0.3) is 0 Å². The van der Waals surface area contributed by atoms with E-state index >= 15 is 0 Å². The van der Waals surface area contributed by atoms with E-state index in [1.807, 2.05) is 37.3 Å². The number of benzene rings is 1. The molecular weight excluding hydrogens is 288 g/mol. The van der Waals surface area contributed by atoms with E-state index < -0.39 is 18.0 Å². The minimum atomic E-state index is -1.50. The smallest absolute Gasteiger partial charge is 0.407 e. The molecule has 0 fully saturated rings. The Balaban J connectivity index is 2.13. The van der Waals surface area contributed by atoms with Crippen LogP contribution in [0, 0.1) is 0 Å². The van der Waals surface area contributed by atoms with E-state index in [-0.39, 0.29) is 19.2 Å². The van der Waals surface area contributed by atoms with Crippen molar-refractivity contribution in [2.75, 3.05) is 6.54 Å². The van der Waals surface area contributed by atoms with Gasteiger partial charge in [0, 0.05) is 12.6 Å². The molecule has 1 aromatic rings. The maximum absolute atomic E-state index is 11.6. The Morgan fingerprint density at radius 3 is 2.55 bits per heavy atom. The molecule has 1 atom stereocenters. The molecule has 0 bridgehead atoms. The van der Waals surface area contributed by atoms with Crippen molar-refractivity contribution in [2.45, 2.75) is 32.4 Å². The third-order valence-corrected chi connectivity index (χ3v) is 2.87. The molecule has 1 aromatic carbocycles. The van der Waals surface area contributed by atoms with Crippen molar-refractivity contribution in [1.82, 2.24) is 10.6 Å². The molecule has 2 amide bonds. The molecule has 0 aliphatic heterocycles. The second-order valence-corrected chi connectivity index (χ2v) is 4.81. The summed E-state index contributed by atoms with van der Waals surface area (Å²) in [6.07, 6.45) is 0.644. The van der Waals surface area contributed by atoms with Crippen LogP contribution in [0.4, 0.5) is 4.79 Å². The number of nitrogens with one attached hydrogen (secondary N) is 2. The summed E-state index contributed by atoms with van der Waals surface area (Å²) >= 11 is 0. The van der Waals surface area contributed by atoms with E-state index in [0.29, 0.717) is 12.8 Å². The molecule has 0 aliphatic rings. The third-order valence-electron chi connectivity index (χ3n) is 2.87. The zero-order chi connectivity index (χ0) is 16.4. The summed E-state index contributed by atoms with van der Waals surface area (Å²) in [5.74, 6) is -2.53. The summed E-state index contributed by atoms with van der Waals surface area (Å²) in [6, 6.07) is 9.21. The average Bonchev–Trinajstić information content (AvgIpc) is 2.50. The minimum Gasteiger partial charge on any atom is -0.474 e. The third kappa shape index (κ3) is 7.28. The normalized spacial score (nSPS) is 11.3. The number of rotatable bonds is 7. The van der Waals surface area contributed by atoms with Crippen LogP contribution in [-0.2, 0) is 20.9 Å². The van der Waals surface area contributed by atoms with Gasteiger partial charge in [0.15, 0.2) is 0 Å². The first kappa shape index (κ1) is 17.5. The maximum atomic E-state index is 11.6. The van der Waals surface area contributed by atoms with Crippen LogP contribution < -0.4 is 10.6 Å². The van der Waals surface area contributed by atoms with Gasteiger partial charge in [0.1, 0.15) is 6.61 Å². The Bertz CT molecular complexity index is 504. The SMILES string of the molecule is CC(CCCNC(=O)C(=O)O)NC(=O)OCc1ccccc1. The lowest BCUT2D eigenvalue weighted by Gasteiger charge is -2.14. The highest BCUT2D eigenvalue weighted by Crippen LogP contribution is 2.01. The van der Waals surface area contributed by atoms with Gasteiger partial charge in [-0.15, -0.1) is 0 Å². The van der Waals surface area contributed by atoms with Gasteiger partial charge in [-0.2, -0.15) is 0 Å². The summed E-state index contributed by atoms with van der Waals surface area (Å²) in [5.41, 5.74) is 0.904. The standard InChI is InChI=1S/C15H20N2O5/c1-11(6-5-9-16-13(18)14(19)20)17-15(21)22-10-12-7-3-2-4-8-12/h2-4,7-8,11H,5-6,9-10H2,1H3,(H,16,18)(H,17,21)(H,19,20). The fourth-order valence-electron chi connectivity index (χ4n) is 1.72.